The fourth-order valence-corrected chi connectivity index (χ4v) is 2.52. The van der Waals surface area contributed by atoms with Gasteiger partial charge in [-0.3, -0.25) is 9.59 Å². The van der Waals surface area contributed by atoms with Crippen LogP contribution in [-0.4, -0.2) is 45.8 Å². The summed E-state index contributed by atoms with van der Waals surface area (Å²) in [5.74, 6) is 0.896. The molecule has 1 aromatic rings. The summed E-state index contributed by atoms with van der Waals surface area (Å²) in [6.07, 6.45) is 1.85. The predicted molar refractivity (Wildman–Crippen MR) is 75.0 cm³/mol. The molecule has 1 heterocycles. The van der Waals surface area contributed by atoms with E-state index in [9.17, 15) is 9.59 Å². The van der Waals surface area contributed by atoms with E-state index in [4.69, 9.17) is 0 Å². The number of rotatable bonds is 7. The molecule has 0 unspecified atom stereocenters. The van der Waals surface area contributed by atoms with Gasteiger partial charge >= 0.3 is 0 Å². The highest BCUT2D eigenvalue weighted by Gasteiger charge is 2.12. The lowest BCUT2D eigenvalue weighted by Gasteiger charge is -2.17. The van der Waals surface area contributed by atoms with Gasteiger partial charge in [0.25, 0.3) is 0 Å². The summed E-state index contributed by atoms with van der Waals surface area (Å²) in [6, 6.07) is 3.65. The van der Waals surface area contributed by atoms with Crippen LogP contribution in [0.4, 0.5) is 0 Å². The molecule has 0 aliphatic carbocycles. The van der Waals surface area contributed by atoms with Crippen molar-refractivity contribution in [1.82, 2.24) is 9.47 Å². The second kappa shape index (κ2) is 7.26. The summed E-state index contributed by atoms with van der Waals surface area (Å²) >= 11 is 1.38. The number of carbonyl (C=O) groups is 2. The first-order valence-corrected chi connectivity index (χ1v) is 7.25. The molecule has 18 heavy (non-hydrogen) atoms. The van der Waals surface area contributed by atoms with E-state index in [1.807, 2.05) is 33.2 Å². The molecule has 0 saturated carbocycles. The Bertz CT molecular complexity index is 411. The van der Waals surface area contributed by atoms with Crippen molar-refractivity contribution >= 4 is 23.5 Å². The van der Waals surface area contributed by atoms with Crippen LogP contribution in [0.15, 0.2) is 18.3 Å². The first-order valence-electron chi connectivity index (χ1n) is 6.10. The van der Waals surface area contributed by atoms with Crippen molar-refractivity contribution in [2.45, 2.75) is 13.8 Å². The molecule has 4 nitrogen and oxygen atoms in total. The minimum absolute atomic E-state index is 0.0693. The van der Waals surface area contributed by atoms with E-state index in [-0.39, 0.29) is 11.7 Å². The van der Waals surface area contributed by atoms with E-state index in [0.717, 1.165) is 13.1 Å². The normalized spacial score (nSPS) is 10.4. The summed E-state index contributed by atoms with van der Waals surface area (Å²) in [5, 5.41) is 0. The standard InChI is InChI=1S/C13H20N2O2S/c1-4-15(5-2)13(17)10-18-9-12(16)11-7-6-8-14(11)3/h6-8H,4-5,9-10H2,1-3H3. The Kier molecular flexibility index (Phi) is 5.98. The van der Waals surface area contributed by atoms with Crippen LogP contribution >= 0.6 is 11.8 Å². The summed E-state index contributed by atoms with van der Waals surface area (Å²) < 4.78 is 1.80. The first kappa shape index (κ1) is 14.8. The zero-order valence-corrected chi connectivity index (χ0v) is 12.0. The number of carbonyl (C=O) groups excluding carboxylic acids is 2. The number of aromatic nitrogens is 1. The number of ketones is 1. The third kappa shape index (κ3) is 3.91. The second-order valence-electron chi connectivity index (χ2n) is 3.99. The Labute approximate surface area is 112 Å². The number of hydrogen-bond donors (Lipinski definition) is 0. The lowest BCUT2D eigenvalue weighted by Crippen LogP contribution is -2.32. The van der Waals surface area contributed by atoms with Gasteiger partial charge in [-0.2, -0.15) is 0 Å². The quantitative estimate of drug-likeness (QED) is 0.708. The molecule has 1 aromatic heterocycles. The van der Waals surface area contributed by atoms with Crippen molar-refractivity contribution in [3.05, 3.63) is 24.0 Å². The zero-order valence-electron chi connectivity index (χ0n) is 11.2. The van der Waals surface area contributed by atoms with Gasteiger partial charge in [0.15, 0.2) is 5.78 Å². The molecule has 0 aromatic carbocycles. The Hall–Kier alpha value is -1.23. The number of aryl methyl sites for hydroxylation is 1. The van der Waals surface area contributed by atoms with Crippen LogP contribution in [-0.2, 0) is 11.8 Å². The highest BCUT2D eigenvalue weighted by molar-refractivity contribution is 8.00. The topological polar surface area (TPSA) is 42.3 Å². The predicted octanol–water partition coefficient (Wildman–Crippen LogP) is 1.81. The molecular weight excluding hydrogens is 248 g/mol. The smallest absolute Gasteiger partial charge is 0.232 e. The second-order valence-corrected chi connectivity index (χ2v) is 4.97. The van der Waals surface area contributed by atoms with E-state index < -0.39 is 0 Å². The van der Waals surface area contributed by atoms with Gasteiger partial charge in [-0.15, -0.1) is 11.8 Å². The van der Waals surface area contributed by atoms with E-state index >= 15 is 0 Å². The largest absolute Gasteiger partial charge is 0.348 e. The number of hydrogen-bond acceptors (Lipinski definition) is 3. The van der Waals surface area contributed by atoms with Crippen LogP contribution in [0.2, 0.25) is 0 Å². The van der Waals surface area contributed by atoms with Gasteiger partial charge in [-0.25, -0.2) is 0 Å². The highest BCUT2D eigenvalue weighted by atomic mass is 32.2. The van der Waals surface area contributed by atoms with Crippen molar-refractivity contribution < 1.29 is 9.59 Å². The molecular formula is C13H20N2O2S. The molecule has 0 radical (unpaired) electrons. The Morgan fingerprint density at radius 1 is 1.28 bits per heavy atom. The third-order valence-corrected chi connectivity index (χ3v) is 3.72. The van der Waals surface area contributed by atoms with Gasteiger partial charge in [0.05, 0.1) is 17.2 Å². The van der Waals surface area contributed by atoms with Crippen LogP contribution in [0.3, 0.4) is 0 Å². The van der Waals surface area contributed by atoms with Crippen LogP contribution in [0.5, 0.6) is 0 Å². The lowest BCUT2D eigenvalue weighted by atomic mass is 10.3. The summed E-state index contributed by atoms with van der Waals surface area (Å²) in [4.78, 5) is 25.4. The molecule has 0 aliphatic rings. The SMILES string of the molecule is CCN(CC)C(=O)CSCC(=O)c1cccn1C. The molecule has 0 spiro atoms. The van der Waals surface area contributed by atoms with Gasteiger partial charge in [0.1, 0.15) is 0 Å². The van der Waals surface area contributed by atoms with E-state index in [2.05, 4.69) is 0 Å². The minimum atomic E-state index is 0.0693. The van der Waals surface area contributed by atoms with Gasteiger partial charge < -0.3 is 9.47 Å². The fraction of sp³-hybridized carbons (Fsp3) is 0.538. The maximum absolute atomic E-state index is 11.9. The Morgan fingerprint density at radius 2 is 1.94 bits per heavy atom. The molecule has 1 amide bonds. The van der Waals surface area contributed by atoms with Crippen molar-refractivity contribution in [2.75, 3.05) is 24.6 Å². The van der Waals surface area contributed by atoms with Crippen molar-refractivity contribution in [1.29, 1.82) is 0 Å². The van der Waals surface area contributed by atoms with Crippen LogP contribution in [0, 0.1) is 0 Å². The Morgan fingerprint density at radius 3 is 2.44 bits per heavy atom. The molecule has 0 aliphatic heterocycles. The summed E-state index contributed by atoms with van der Waals surface area (Å²) in [7, 11) is 1.85. The zero-order chi connectivity index (χ0) is 13.5. The molecule has 100 valence electrons. The third-order valence-electron chi connectivity index (χ3n) is 2.80. The lowest BCUT2D eigenvalue weighted by molar-refractivity contribution is -0.127. The van der Waals surface area contributed by atoms with Gasteiger partial charge in [0, 0.05) is 26.3 Å². The number of Topliss-reactive ketones (excluding diaryl/α,β-unsaturated/α-hetero) is 1. The first-order chi connectivity index (χ1) is 8.60. The van der Waals surface area contributed by atoms with Crippen LogP contribution in [0.25, 0.3) is 0 Å². The molecule has 0 fully saturated rings. The van der Waals surface area contributed by atoms with Gasteiger partial charge in [-0.05, 0) is 26.0 Å². The van der Waals surface area contributed by atoms with Crippen molar-refractivity contribution in [2.24, 2.45) is 7.05 Å². The Balaban J connectivity index is 2.36. The maximum atomic E-state index is 11.9. The van der Waals surface area contributed by atoms with Crippen molar-refractivity contribution in [3.63, 3.8) is 0 Å². The van der Waals surface area contributed by atoms with Gasteiger partial charge in [0.2, 0.25) is 5.91 Å². The van der Waals surface area contributed by atoms with E-state index in [0.29, 0.717) is 17.2 Å². The van der Waals surface area contributed by atoms with E-state index in [1.165, 1.54) is 11.8 Å². The molecule has 1 rings (SSSR count). The van der Waals surface area contributed by atoms with E-state index in [1.54, 1.807) is 15.5 Å². The molecule has 0 N–H and O–H groups in total. The highest BCUT2D eigenvalue weighted by Crippen LogP contribution is 2.08. The van der Waals surface area contributed by atoms with Crippen LogP contribution in [0.1, 0.15) is 24.3 Å². The maximum Gasteiger partial charge on any atom is 0.232 e. The average molecular weight is 268 g/mol. The molecule has 5 heteroatoms. The summed E-state index contributed by atoms with van der Waals surface area (Å²) in [5.41, 5.74) is 0.692. The minimum Gasteiger partial charge on any atom is -0.348 e. The van der Waals surface area contributed by atoms with Crippen molar-refractivity contribution in [3.8, 4) is 0 Å². The molecule has 0 saturated heterocycles. The number of thioether (sulfide) groups is 1. The molecule has 0 bridgehead atoms. The fourth-order valence-electron chi connectivity index (χ4n) is 1.72. The average Bonchev–Trinajstić information content (AvgIpc) is 2.77. The number of amides is 1. The van der Waals surface area contributed by atoms with Gasteiger partial charge in [-0.1, -0.05) is 0 Å². The van der Waals surface area contributed by atoms with Crippen LogP contribution < -0.4 is 0 Å². The summed E-state index contributed by atoms with van der Waals surface area (Å²) in [6.45, 7) is 5.37. The monoisotopic (exact) mass is 268 g/mol. The number of nitrogens with zero attached hydrogens (tertiary/aromatic N) is 2. The molecule has 0 atom stereocenters.